The predicted octanol–water partition coefficient (Wildman–Crippen LogP) is 4.08. The van der Waals surface area contributed by atoms with Crippen molar-refractivity contribution in [3.05, 3.63) is 58.4 Å². The van der Waals surface area contributed by atoms with Crippen LogP contribution in [0.3, 0.4) is 0 Å². The lowest BCUT2D eigenvalue weighted by atomic mass is 10.1. The molecular weight excluding hydrogens is 272 g/mol. The summed E-state index contributed by atoms with van der Waals surface area (Å²) in [4.78, 5) is 16.0. The van der Waals surface area contributed by atoms with Gasteiger partial charge in [-0.15, -0.1) is 0 Å². The maximum absolute atomic E-state index is 11.5. The molecule has 0 bridgehead atoms. The fourth-order valence-corrected chi connectivity index (χ4v) is 2.40. The van der Waals surface area contributed by atoms with E-state index in [0.29, 0.717) is 16.4 Å². The summed E-state index contributed by atoms with van der Waals surface area (Å²) in [6.45, 7) is 3.92. The van der Waals surface area contributed by atoms with Crippen LogP contribution in [0.4, 0.5) is 0 Å². The van der Waals surface area contributed by atoms with E-state index in [1.165, 1.54) is 0 Å². The average Bonchev–Trinajstić information content (AvgIpc) is 2.79. The molecule has 0 saturated heterocycles. The summed E-state index contributed by atoms with van der Waals surface area (Å²) in [7, 11) is 0. The van der Waals surface area contributed by atoms with Crippen molar-refractivity contribution >= 4 is 23.5 Å². The molecule has 3 rings (SSSR count). The van der Waals surface area contributed by atoms with E-state index in [1.807, 2.05) is 54.8 Å². The number of benzene rings is 1. The van der Waals surface area contributed by atoms with Crippen molar-refractivity contribution in [2.75, 3.05) is 0 Å². The van der Waals surface area contributed by atoms with Crippen LogP contribution in [0, 0.1) is 13.8 Å². The summed E-state index contributed by atoms with van der Waals surface area (Å²) in [5.74, 6) is 0. The molecule has 0 radical (unpaired) electrons. The van der Waals surface area contributed by atoms with Gasteiger partial charge in [-0.1, -0.05) is 23.7 Å². The Bertz CT molecular complexity index is 821. The molecule has 0 aliphatic heterocycles. The summed E-state index contributed by atoms with van der Waals surface area (Å²) in [6, 6.07) is 9.55. The minimum Gasteiger partial charge on any atom is -0.296 e. The second-order valence-corrected chi connectivity index (χ2v) is 5.27. The summed E-state index contributed by atoms with van der Waals surface area (Å²) in [5, 5.41) is 0.709. The van der Waals surface area contributed by atoms with Crippen molar-refractivity contribution < 1.29 is 4.79 Å². The van der Waals surface area contributed by atoms with Gasteiger partial charge in [-0.25, -0.2) is 4.98 Å². The van der Waals surface area contributed by atoms with Crippen molar-refractivity contribution in [2.24, 2.45) is 0 Å². The molecule has 0 N–H and O–H groups in total. The number of carbonyl (C=O) groups excluding carboxylic acids is 1. The lowest BCUT2D eigenvalue weighted by Gasteiger charge is -2.02. The third-order valence-electron chi connectivity index (χ3n) is 3.35. The molecule has 4 heteroatoms. The van der Waals surface area contributed by atoms with Gasteiger partial charge in [0.1, 0.15) is 17.0 Å². The molecule has 0 fully saturated rings. The van der Waals surface area contributed by atoms with Gasteiger partial charge < -0.3 is 0 Å². The SMILES string of the molecule is Cc1ccc2nc(-c3ccc(Cl)c(C)c3)c(C=O)n2c1. The maximum Gasteiger partial charge on any atom is 0.169 e. The van der Waals surface area contributed by atoms with Crippen molar-refractivity contribution in [2.45, 2.75) is 13.8 Å². The fourth-order valence-electron chi connectivity index (χ4n) is 2.29. The molecule has 0 aliphatic rings. The standard InChI is InChI=1S/C16H13ClN2O/c1-10-3-6-15-18-16(14(9-20)19(15)8-10)12-4-5-13(17)11(2)7-12/h3-9H,1-2H3. The monoisotopic (exact) mass is 284 g/mol. The average molecular weight is 285 g/mol. The van der Waals surface area contributed by atoms with Crippen LogP contribution in [-0.4, -0.2) is 15.7 Å². The second-order valence-electron chi connectivity index (χ2n) is 4.86. The van der Waals surface area contributed by atoms with E-state index >= 15 is 0 Å². The molecule has 2 heterocycles. The van der Waals surface area contributed by atoms with Gasteiger partial charge in [0.05, 0.1) is 0 Å². The zero-order valence-corrected chi connectivity index (χ0v) is 12.0. The minimum atomic E-state index is 0.561. The first-order valence-electron chi connectivity index (χ1n) is 6.30. The number of carbonyl (C=O) groups is 1. The Morgan fingerprint density at radius 2 is 2.00 bits per heavy atom. The lowest BCUT2D eigenvalue weighted by Crippen LogP contribution is -1.93. The highest BCUT2D eigenvalue weighted by Crippen LogP contribution is 2.27. The van der Waals surface area contributed by atoms with Crippen LogP contribution in [0.25, 0.3) is 16.9 Å². The number of rotatable bonds is 2. The summed E-state index contributed by atoms with van der Waals surface area (Å²) in [6.07, 6.45) is 2.76. The van der Waals surface area contributed by atoms with Crippen LogP contribution in [0.2, 0.25) is 5.02 Å². The first kappa shape index (κ1) is 12.9. The summed E-state index contributed by atoms with van der Waals surface area (Å²) >= 11 is 6.05. The van der Waals surface area contributed by atoms with Crippen molar-refractivity contribution in [1.29, 1.82) is 0 Å². The molecule has 1 aromatic carbocycles. The van der Waals surface area contributed by atoms with Crippen LogP contribution in [0.15, 0.2) is 36.5 Å². The van der Waals surface area contributed by atoms with Gasteiger partial charge in [-0.2, -0.15) is 0 Å². The number of aldehydes is 1. The van der Waals surface area contributed by atoms with E-state index < -0.39 is 0 Å². The fraction of sp³-hybridized carbons (Fsp3) is 0.125. The Morgan fingerprint density at radius 1 is 1.20 bits per heavy atom. The number of nitrogens with zero attached hydrogens (tertiary/aromatic N) is 2. The minimum absolute atomic E-state index is 0.561. The molecule has 0 atom stereocenters. The van der Waals surface area contributed by atoms with Gasteiger partial charge >= 0.3 is 0 Å². The Labute approximate surface area is 121 Å². The van der Waals surface area contributed by atoms with Gasteiger partial charge in [0.25, 0.3) is 0 Å². The number of pyridine rings is 1. The summed E-state index contributed by atoms with van der Waals surface area (Å²) in [5.41, 5.74) is 4.96. The molecule has 0 saturated carbocycles. The van der Waals surface area contributed by atoms with Crippen molar-refractivity contribution in [3.63, 3.8) is 0 Å². The predicted molar refractivity (Wildman–Crippen MR) is 80.5 cm³/mol. The Hall–Kier alpha value is -2.13. The highest BCUT2D eigenvalue weighted by atomic mass is 35.5. The third-order valence-corrected chi connectivity index (χ3v) is 3.77. The highest BCUT2D eigenvalue weighted by molar-refractivity contribution is 6.31. The molecule has 0 aliphatic carbocycles. The zero-order chi connectivity index (χ0) is 14.3. The van der Waals surface area contributed by atoms with E-state index in [4.69, 9.17) is 11.6 Å². The maximum atomic E-state index is 11.5. The van der Waals surface area contributed by atoms with E-state index in [9.17, 15) is 4.79 Å². The molecule has 2 aromatic heterocycles. The molecule has 3 nitrogen and oxygen atoms in total. The van der Waals surface area contributed by atoms with Crippen LogP contribution in [-0.2, 0) is 0 Å². The van der Waals surface area contributed by atoms with Gasteiger partial charge in [0, 0.05) is 16.8 Å². The van der Waals surface area contributed by atoms with Crippen molar-refractivity contribution in [3.8, 4) is 11.3 Å². The van der Waals surface area contributed by atoms with E-state index in [0.717, 1.165) is 28.6 Å². The quantitative estimate of drug-likeness (QED) is 0.665. The molecule has 0 spiro atoms. The molecule has 100 valence electrons. The number of hydrogen-bond donors (Lipinski definition) is 0. The van der Waals surface area contributed by atoms with Crippen LogP contribution < -0.4 is 0 Å². The number of aromatic nitrogens is 2. The Balaban J connectivity index is 2.30. The van der Waals surface area contributed by atoms with Crippen LogP contribution in [0.1, 0.15) is 21.6 Å². The van der Waals surface area contributed by atoms with Gasteiger partial charge in [-0.05, 0) is 43.2 Å². The van der Waals surface area contributed by atoms with Crippen molar-refractivity contribution in [1.82, 2.24) is 9.38 Å². The Kier molecular flexibility index (Phi) is 3.07. The molecule has 20 heavy (non-hydrogen) atoms. The first-order chi connectivity index (χ1) is 9.60. The molecule has 0 unspecified atom stereocenters. The molecule has 3 aromatic rings. The first-order valence-corrected chi connectivity index (χ1v) is 6.68. The third kappa shape index (κ3) is 2.00. The number of aryl methyl sites for hydroxylation is 2. The zero-order valence-electron chi connectivity index (χ0n) is 11.2. The largest absolute Gasteiger partial charge is 0.296 e. The smallest absolute Gasteiger partial charge is 0.169 e. The molecular formula is C16H13ClN2O. The highest BCUT2D eigenvalue weighted by Gasteiger charge is 2.14. The lowest BCUT2D eigenvalue weighted by molar-refractivity contribution is 0.111. The second kappa shape index (κ2) is 4.76. The van der Waals surface area contributed by atoms with Gasteiger partial charge in [0.15, 0.2) is 6.29 Å². The van der Waals surface area contributed by atoms with Crippen LogP contribution >= 0.6 is 11.6 Å². The van der Waals surface area contributed by atoms with E-state index in [2.05, 4.69) is 4.98 Å². The van der Waals surface area contributed by atoms with Crippen LogP contribution in [0.5, 0.6) is 0 Å². The van der Waals surface area contributed by atoms with E-state index in [-0.39, 0.29) is 0 Å². The number of fused-ring (bicyclic) bond motifs is 1. The molecule has 0 amide bonds. The summed E-state index contributed by atoms with van der Waals surface area (Å²) < 4.78 is 1.82. The van der Waals surface area contributed by atoms with E-state index in [1.54, 1.807) is 0 Å². The Morgan fingerprint density at radius 3 is 2.70 bits per heavy atom. The van der Waals surface area contributed by atoms with Gasteiger partial charge in [0.2, 0.25) is 0 Å². The topological polar surface area (TPSA) is 34.4 Å². The number of imidazole rings is 1. The number of halogens is 1. The number of hydrogen-bond acceptors (Lipinski definition) is 2. The van der Waals surface area contributed by atoms with Gasteiger partial charge in [-0.3, -0.25) is 9.20 Å². The normalized spacial score (nSPS) is 10.9.